The minimum absolute atomic E-state index is 0.0417. The Kier molecular flexibility index (Phi) is 3.28. The van der Waals surface area contributed by atoms with E-state index in [0.29, 0.717) is 12.3 Å². The van der Waals surface area contributed by atoms with Crippen LogP contribution in [0.3, 0.4) is 0 Å². The minimum atomic E-state index is -0.556. The molecule has 1 amide bonds. The van der Waals surface area contributed by atoms with Gasteiger partial charge in [0.15, 0.2) is 0 Å². The van der Waals surface area contributed by atoms with Crippen molar-refractivity contribution in [1.82, 2.24) is 5.32 Å². The van der Waals surface area contributed by atoms with Gasteiger partial charge in [-0.25, -0.2) is 0 Å². The summed E-state index contributed by atoms with van der Waals surface area (Å²) >= 11 is 0. The molecule has 3 nitrogen and oxygen atoms in total. The molecule has 1 N–H and O–H groups in total. The molecule has 0 aromatic heterocycles. The van der Waals surface area contributed by atoms with E-state index in [4.69, 9.17) is 5.26 Å². The third-order valence-corrected chi connectivity index (χ3v) is 3.61. The number of amides is 1. The van der Waals surface area contributed by atoms with E-state index in [0.717, 1.165) is 38.5 Å². The van der Waals surface area contributed by atoms with Gasteiger partial charge in [-0.1, -0.05) is 12.2 Å². The highest BCUT2D eigenvalue weighted by atomic mass is 16.1. The molecule has 3 heteroatoms. The summed E-state index contributed by atoms with van der Waals surface area (Å²) in [4.78, 5) is 11.8. The first-order valence-electron chi connectivity index (χ1n) is 6.13. The lowest BCUT2D eigenvalue weighted by Gasteiger charge is -2.22. The van der Waals surface area contributed by atoms with Crippen LogP contribution in [0, 0.1) is 17.2 Å². The van der Waals surface area contributed by atoms with Crippen molar-refractivity contribution in [3.05, 3.63) is 12.2 Å². The summed E-state index contributed by atoms with van der Waals surface area (Å²) in [5.41, 5.74) is -0.556. The first-order valence-corrected chi connectivity index (χ1v) is 6.13. The second-order valence-corrected chi connectivity index (χ2v) is 4.92. The molecule has 0 aliphatic heterocycles. The summed E-state index contributed by atoms with van der Waals surface area (Å²) in [6.07, 6.45) is 10.7. The fraction of sp³-hybridized carbons (Fsp3) is 0.692. The smallest absolute Gasteiger partial charge is 0.221 e. The monoisotopic (exact) mass is 218 g/mol. The molecule has 2 rings (SSSR count). The van der Waals surface area contributed by atoms with Crippen molar-refractivity contribution in [1.29, 1.82) is 5.26 Å². The summed E-state index contributed by atoms with van der Waals surface area (Å²) in [5.74, 6) is 0.428. The maximum absolute atomic E-state index is 11.8. The molecule has 1 atom stereocenters. The van der Waals surface area contributed by atoms with Gasteiger partial charge in [-0.05, 0) is 44.4 Å². The van der Waals surface area contributed by atoms with Crippen molar-refractivity contribution < 1.29 is 4.79 Å². The van der Waals surface area contributed by atoms with Crippen LogP contribution in [0.1, 0.15) is 44.9 Å². The van der Waals surface area contributed by atoms with Gasteiger partial charge in [0.2, 0.25) is 5.91 Å². The van der Waals surface area contributed by atoms with Gasteiger partial charge < -0.3 is 5.32 Å². The predicted octanol–water partition coefficient (Wildman–Crippen LogP) is 2.30. The molecule has 2 aliphatic rings. The first-order chi connectivity index (χ1) is 7.74. The predicted molar refractivity (Wildman–Crippen MR) is 61.4 cm³/mol. The van der Waals surface area contributed by atoms with E-state index in [1.807, 2.05) is 0 Å². The Balaban J connectivity index is 1.86. The van der Waals surface area contributed by atoms with Crippen LogP contribution in [0.25, 0.3) is 0 Å². The summed E-state index contributed by atoms with van der Waals surface area (Å²) in [6.45, 7) is 0. The van der Waals surface area contributed by atoms with Crippen LogP contribution in [-0.2, 0) is 4.79 Å². The van der Waals surface area contributed by atoms with Crippen LogP contribution in [0.15, 0.2) is 12.2 Å². The van der Waals surface area contributed by atoms with Gasteiger partial charge >= 0.3 is 0 Å². The topological polar surface area (TPSA) is 52.9 Å². The standard InChI is InChI=1S/C13H18N2O/c14-10-13(7-3-4-8-13)15-12(16)9-11-5-1-2-6-11/h1,5,11H,2-4,6-9H2,(H,15,16)/t11-/m0/s1. The van der Waals surface area contributed by atoms with Crippen LogP contribution in [0.4, 0.5) is 0 Å². The number of nitrogens with one attached hydrogen (secondary N) is 1. The third kappa shape index (κ3) is 2.44. The van der Waals surface area contributed by atoms with E-state index in [1.165, 1.54) is 0 Å². The summed E-state index contributed by atoms with van der Waals surface area (Å²) in [5, 5.41) is 12.1. The summed E-state index contributed by atoms with van der Waals surface area (Å²) in [7, 11) is 0. The quantitative estimate of drug-likeness (QED) is 0.739. The SMILES string of the molecule is N#CC1(NC(=O)C[C@H]2C=CCC2)CCCC1. The van der Waals surface area contributed by atoms with Crippen LogP contribution in [-0.4, -0.2) is 11.4 Å². The molecule has 0 saturated heterocycles. The van der Waals surface area contributed by atoms with Gasteiger partial charge in [0, 0.05) is 6.42 Å². The Labute approximate surface area is 96.5 Å². The fourth-order valence-electron chi connectivity index (χ4n) is 2.66. The van der Waals surface area contributed by atoms with Crippen LogP contribution in [0.5, 0.6) is 0 Å². The molecule has 0 unspecified atom stereocenters. The largest absolute Gasteiger partial charge is 0.338 e. The first kappa shape index (κ1) is 11.2. The van der Waals surface area contributed by atoms with Crippen LogP contribution < -0.4 is 5.32 Å². The number of hydrogen-bond acceptors (Lipinski definition) is 2. The Bertz CT molecular complexity index is 334. The lowest BCUT2D eigenvalue weighted by molar-refractivity contribution is -0.123. The lowest BCUT2D eigenvalue weighted by atomic mass is 9.98. The highest BCUT2D eigenvalue weighted by molar-refractivity contribution is 5.77. The van der Waals surface area contributed by atoms with Crippen molar-refractivity contribution in [2.45, 2.75) is 50.5 Å². The number of hydrogen-bond donors (Lipinski definition) is 1. The Hall–Kier alpha value is -1.30. The van der Waals surface area contributed by atoms with Gasteiger partial charge in [0.25, 0.3) is 0 Å². The zero-order valence-corrected chi connectivity index (χ0v) is 9.54. The third-order valence-electron chi connectivity index (χ3n) is 3.61. The molecule has 0 heterocycles. The molecular formula is C13H18N2O. The minimum Gasteiger partial charge on any atom is -0.338 e. The van der Waals surface area contributed by atoms with Gasteiger partial charge in [-0.2, -0.15) is 5.26 Å². The molecule has 1 saturated carbocycles. The average Bonchev–Trinajstić information content (AvgIpc) is 2.90. The van der Waals surface area contributed by atoms with Crippen LogP contribution in [0.2, 0.25) is 0 Å². The number of nitrogens with zero attached hydrogens (tertiary/aromatic N) is 1. The van der Waals surface area contributed by atoms with Crippen molar-refractivity contribution in [2.75, 3.05) is 0 Å². The fourth-order valence-corrected chi connectivity index (χ4v) is 2.66. The van der Waals surface area contributed by atoms with Crippen LogP contribution >= 0.6 is 0 Å². The molecule has 0 spiro atoms. The molecule has 2 aliphatic carbocycles. The maximum Gasteiger partial charge on any atom is 0.221 e. The van der Waals surface area contributed by atoms with E-state index in [2.05, 4.69) is 23.5 Å². The number of carbonyl (C=O) groups is 1. The van der Waals surface area contributed by atoms with Gasteiger partial charge in [0.05, 0.1) is 6.07 Å². The molecule has 0 radical (unpaired) electrons. The second kappa shape index (κ2) is 4.69. The Morgan fingerprint density at radius 1 is 1.50 bits per heavy atom. The van der Waals surface area contributed by atoms with E-state index in [9.17, 15) is 4.79 Å². The van der Waals surface area contributed by atoms with Gasteiger partial charge in [-0.3, -0.25) is 4.79 Å². The molecule has 0 aromatic carbocycles. The summed E-state index contributed by atoms with van der Waals surface area (Å²) in [6, 6.07) is 2.28. The van der Waals surface area contributed by atoms with E-state index >= 15 is 0 Å². The zero-order chi connectivity index (χ0) is 11.4. The lowest BCUT2D eigenvalue weighted by Crippen LogP contribution is -2.45. The normalized spacial score (nSPS) is 26.6. The van der Waals surface area contributed by atoms with Crippen molar-refractivity contribution in [3.8, 4) is 6.07 Å². The van der Waals surface area contributed by atoms with Crippen molar-refractivity contribution in [2.24, 2.45) is 5.92 Å². The number of allylic oxidation sites excluding steroid dienone is 2. The molecule has 16 heavy (non-hydrogen) atoms. The van der Waals surface area contributed by atoms with Gasteiger partial charge in [-0.15, -0.1) is 0 Å². The average molecular weight is 218 g/mol. The Morgan fingerprint density at radius 3 is 2.81 bits per heavy atom. The number of carbonyl (C=O) groups excluding carboxylic acids is 1. The number of nitriles is 1. The highest BCUT2D eigenvalue weighted by Crippen LogP contribution is 2.29. The highest BCUT2D eigenvalue weighted by Gasteiger charge is 2.35. The van der Waals surface area contributed by atoms with E-state index in [-0.39, 0.29) is 5.91 Å². The zero-order valence-electron chi connectivity index (χ0n) is 9.54. The Morgan fingerprint density at radius 2 is 2.25 bits per heavy atom. The summed E-state index contributed by atoms with van der Waals surface area (Å²) < 4.78 is 0. The van der Waals surface area contributed by atoms with Gasteiger partial charge in [0.1, 0.15) is 5.54 Å². The second-order valence-electron chi connectivity index (χ2n) is 4.92. The molecule has 1 fully saturated rings. The number of rotatable bonds is 3. The molecule has 0 aromatic rings. The van der Waals surface area contributed by atoms with E-state index < -0.39 is 5.54 Å². The maximum atomic E-state index is 11.8. The molecule has 86 valence electrons. The van der Waals surface area contributed by atoms with Crippen molar-refractivity contribution >= 4 is 5.91 Å². The van der Waals surface area contributed by atoms with Crippen molar-refractivity contribution in [3.63, 3.8) is 0 Å². The molecule has 0 bridgehead atoms. The van der Waals surface area contributed by atoms with E-state index in [1.54, 1.807) is 0 Å². The molecular weight excluding hydrogens is 200 g/mol.